The lowest BCUT2D eigenvalue weighted by Crippen LogP contribution is -2.23. The summed E-state index contributed by atoms with van der Waals surface area (Å²) in [6.07, 6.45) is 0. The fraction of sp³-hybridized carbons (Fsp3) is 0.188. The molecule has 0 saturated carbocycles. The summed E-state index contributed by atoms with van der Waals surface area (Å²) in [5, 5.41) is 2.17. The van der Waals surface area contributed by atoms with Gasteiger partial charge in [0.05, 0.1) is 10.9 Å². The van der Waals surface area contributed by atoms with Gasteiger partial charge in [-0.05, 0) is 42.8 Å². The number of hydrogen-bond donors (Lipinski definition) is 1. The Morgan fingerprint density at radius 3 is 2.73 bits per heavy atom. The van der Waals surface area contributed by atoms with Gasteiger partial charge in [-0.2, -0.15) is 0 Å². The van der Waals surface area contributed by atoms with Gasteiger partial charge in [0.2, 0.25) is 5.91 Å². The molecule has 0 aliphatic rings. The van der Waals surface area contributed by atoms with Crippen molar-refractivity contribution in [1.82, 2.24) is 0 Å². The summed E-state index contributed by atoms with van der Waals surface area (Å²) in [5.41, 5.74) is 0.950. The number of anilines is 1. The van der Waals surface area contributed by atoms with E-state index >= 15 is 0 Å². The standard InChI is InChI=1S/C16H14BrF2NOS/c1-10(22-9-11-3-2-4-13(18)7-11)16(21)20-15-6-5-12(17)8-14(15)19/h2-8,10H,9H2,1H3,(H,20,21). The fourth-order valence-electron chi connectivity index (χ4n) is 1.75. The largest absolute Gasteiger partial charge is 0.323 e. The number of halogens is 3. The van der Waals surface area contributed by atoms with Crippen LogP contribution in [0, 0.1) is 11.6 Å². The van der Waals surface area contributed by atoms with Gasteiger partial charge in [-0.15, -0.1) is 11.8 Å². The van der Waals surface area contributed by atoms with Crippen molar-refractivity contribution < 1.29 is 13.6 Å². The Kier molecular flexibility index (Phi) is 5.97. The minimum absolute atomic E-state index is 0.145. The van der Waals surface area contributed by atoms with E-state index in [-0.39, 0.29) is 22.7 Å². The molecule has 0 aliphatic heterocycles. The molecule has 22 heavy (non-hydrogen) atoms. The van der Waals surface area contributed by atoms with Crippen LogP contribution in [0.2, 0.25) is 0 Å². The van der Waals surface area contributed by atoms with Crippen LogP contribution in [-0.2, 0) is 10.5 Å². The third-order valence-corrected chi connectivity index (χ3v) is 4.65. The summed E-state index contributed by atoms with van der Waals surface area (Å²) in [6.45, 7) is 1.73. The Morgan fingerprint density at radius 2 is 2.05 bits per heavy atom. The van der Waals surface area contributed by atoms with E-state index in [0.717, 1.165) is 5.56 Å². The zero-order valence-corrected chi connectivity index (χ0v) is 14.2. The second-order valence-corrected chi connectivity index (χ2v) is 6.94. The van der Waals surface area contributed by atoms with Gasteiger partial charge >= 0.3 is 0 Å². The maximum atomic E-state index is 13.7. The van der Waals surface area contributed by atoms with Gasteiger partial charge in [-0.1, -0.05) is 28.1 Å². The summed E-state index contributed by atoms with van der Waals surface area (Å²) >= 11 is 4.52. The van der Waals surface area contributed by atoms with Crippen molar-refractivity contribution in [3.63, 3.8) is 0 Å². The molecule has 1 amide bonds. The lowest BCUT2D eigenvalue weighted by atomic mass is 10.2. The van der Waals surface area contributed by atoms with Crippen molar-refractivity contribution >= 4 is 39.3 Å². The number of carbonyl (C=O) groups is 1. The van der Waals surface area contributed by atoms with Gasteiger partial charge in [-0.3, -0.25) is 4.79 Å². The maximum Gasteiger partial charge on any atom is 0.237 e. The van der Waals surface area contributed by atoms with Crippen LogP contribution in [0.25, 0.3) is 0 Å². The molecule has 0 aliphatic carbocycles. The molecule has 1 unspecified atom stereocenters. The molecule has 2 aromatic rings. The van der Waals surface area contributed by atoms with E-state index in [1.165, 1.54) is 36.0 Å². The number of amides is 1. The Balaban J connectivity index is 1.92. The Bertz CT molecular complexity index is 681. The zero-order valence-electron chi connectivity index (χ0n) is 11.8. The highest BCUT2D eigenvalue weighted by Crippen LogP contribution is 2.22. The SMILES string of the molecule is CC(SCc1cccc(F)c1)C(=O)Nc1ccc(Br)cc1F. The Labute approximate surface area is 140 Å². The van der Waals surface area contributed by atoms with Crippen LogP contribution >= 0.6 is 27.7 Å². The highest BCUT2D eigenvalue weighted by Gasteiger charge is 2.15. The molecule has 2 aromatic carbocycles. The van der Waals surface area contributed by atoms with E-state index in [2.05, 4.69) is 21.2 Å². The first-order valence-electron chi connectivity index (χ1n) is 6.57. The molecule has 2 nitrogen and oxygen atoms in total. The number of carbonyl (C=O) groups excluding carboxylic acids is 1. The van der Waals surface area contributed by atoms with Gasteiger partial charge in [0.25, 0.3) is 0 Å². The van der Waals surface area contributed by atoms with Crippen molar-refractivity contribution in [2.75, 3.05) is 5.32 Å². The first kappa shape index (κ1) is 17.0. The Morgan fingerprint density at radius 1 is 1.27 bits per heavy atom. The molecular formula is C16H14BrF2NOS. The molecule has 0 fully saturated rings. The average molecular weight is 386 g/mol. The van der Waals surface area contributed by atoms with Crippen LogP contribution in [0.1, 0.15) is 12.5 Å². The molecule has 0 spiro atoms. The van der Waals surface area contributed by atoms with Crippen molar-refractivity contribution in [2.45, 2.75) is 17.9 Å². The maximum absolute atomic E-state index is 13.7. The highest BCUT2D eigenvalue weighted by atomic mass is 79.9. The number of benzene rings is 2. The predicted molar refractivity (Wildman–Crippen MR) is 89.9 cm³/mol. The van der Waals surface area contributed by atoms with E-state index < -0.39 is 5.82 Å². The smallest absolute Gasteiger partial charge is 0.237 e. The molecule has 2 rings (SSSR count). The monoisotopic (exact) mass is 385 g/mol. The van der Waals surface area contributed by atoms with Gasteiger partial charge in [0.15, 0.2) is 0 Å². The predicted octanol–water partition coefficient (Wildman–Crippen LogP) is 4.99. The summed E-state index contributed by atoms with van der Waals surface area (Å²) in [4.78, 5) is 12.1. The third-order valence-electron chi connectivity index (χ3n) is 2.95. The van der Waals surface area contributed by atoms with Gasteiger partial charge < -0.3 is 5.32 Å². The average Bonchev–Trinajstić information content (AvgIpc) is 2.47. The molecule has 0 aromatic heterocycles. The van der Waals surface area contributed by atoms with E-state index in [1.54, 1.807) is 25.1 Å². The lowest BCUT2D eigenvalue weighted by molar-refractivity contribution is -0.115. The second kappa shape index (κ2) is 7.74. The summed E-state index contributed by atoms with van der Waals surface area (Å²) in [7, 11) is 0. The molecule has 0 bridgehead atoms. The van der Waals surface area contributed by atoms with E-state index in [0.29, 0.717) is 10.2 Å². The Hall–Kier alpha value is -1.40. The van der Waals surface area contributed by atoms with Crippen molar-refractivity contribution in [2.24, 2.45) is 0 Å². The first-order valence-corrected chi connectivity index (χ1v) is 8.42. The third kappa shape index (κ3) is 4.81. The lowest BCUT2D eigenvalue weighted by Gasteiger charge is -2.12. The highest BCUT2D eigenvalue weighted by molar-refractivity contribution is 9.10. The van der Waals surface area contributed by atoms with Gasteiger partial charge in [-0.25, -0.2) is 8.78 Å². The van der Waals surface area contributed by atoms with Crippen LogP contribution in [0.3, 0.4) is 0 Å². The molecular weight excluding hydrogens is 372 g/mol. The van der Waals surface area contributed by atoms with E-state index in [1.807, 2.05) is 0 Å². The quantitative estimate of drug-likeness (QED) is 0.785. The molecule has 0 radical (unpaired) electrons. The zero-order chi connectivity index (χ0) is 16.1. The van der Waals surface area contributed by atoms with Crippen LogP contribution in [-0.4, -0.2) is 11.2 Å². The number of nitrogens with one attached hydrogen (secondary N) is 1. The van der Waals surface area contributed by atoms with Crippen molar-refractivity contribution in [1.29, 1.82) is 0 Å². The molecule has 116 valence electrons. The molecule has 1 N–H and O–H groups in total. The molecule has 0 saturated heterocycles. The molecule has 0 heterocycles. The van der Waals surface area contributed by atoms with Gasteiger partial charge in [0, 0.05) is 10.2 Å². The summed E-state index contributed by atoms with van der Waals surface area (Å²) in [6, 6.07) is 10.7. The van der Waals surface area contributed by atoms with Gasteiger partial charge in [0.1, 0.15) is 11.6 Å². The minimum atomic E-state index is -0.495. The fourth-order valence-corrected chi connectivity index (χ4v) is 2.91. The minimum Gasteiger partial charge on any atom is -0.323 e. The van der Waals surface area contributed by atoms with Crippen LogP contribution < -0.4 is 5.32 Å². The summed E-state index contributed by atoms with van der Waals surface area (Å²) < 4.78 is 27.4. The van der Waals surface area contributed by atoms with Crippen LogP contribution in [0.15, 0.2) is 46.9 Å². The van der Waals surface area contributed by atoms with E-state index in [4.69, 9.17) is 0 Å². The van der Waals surface area contributed by atoms with Crippen LogP contribution in [0.4, 0.5) is 14.5 Å². The first-order chi connectivity index (χ1) is 10.5. The van der Waals surface area contributed by atoms with Crippen molar-refractivity contribution in [3.8, 4) is 0 Å². The summed E-state index contributed by atoms with van der Waals surface area (Å²) in [5.74, 6) is -0.574. The number of thioether (sulfide) groups is 1. The second-order valence-electron chi connectivity index (χ2n) is 4.70. The van der Waals surface area contributed by atoms with Crippen LogP contribution in [0.5, 0.6) is 0 Å². The number of hydrogen-bond acceptors (Lipinski definition) is 2. The topological polar surface area (TPSA) is 29.1 Å². The number of rotatable bonds is 5. The molecule has 6 heteroatoms. The normalized spacial score (nSPS) is 12.0. The molecule has 1 atom stereocenters. The van der Waals surface area contributed by atoms with Crippen molar-refractivity contribution in [3.05, 3.63) is 64.1 Å². The van der Waals surface area contributed by atoms with E-state index in [9.17, 15) is 13.6 Å².